The van der Waals surface area contributed by atoms with Gasteiger partial charge in [-0.2, -0.15) is 0 Å². The maximum absolute atomic E-state index is 3.88. The number of pyridine rings is 1. The molecule has 0 fully saturated rings. The highest BCUT2D eigenvalue weighted by atomic mass is 79.9. The normalized spacial score (nSPS) is 9.11. The molecule has 0 aliphatic heterocycles. The van der Waals surface area contributed by atoms with Gasteiger partial charge < -0.3 is 3.93 Å². The van der Waals surface area contributed by atoms with E-state index in [-0.39, 0.29) is 0 Å². The van der Waals surface area contributed by atoms with Gasteiger partial charge >= 0.3 is 0 Å². The Labute approximate surface area is 62.9 Å². The summed E-state index contributed by atoms with van der Waals surface area (Å²) in [5, 5.41) is 0. The fraction of sp³-hybridized carbons (Fsp3) is 0.167. The maximum atomic E-state index is 3.88. The van der Waals surface area contributed by atoms with Crippen molar-refractivity contribution in [2.24, 2.45) is 0 Å². The molecule has 3 heteroatoms. The second-order valence-electron chi connectivity index (χ2n) is 1.68. The number of aromatic nitrogens is 1. The second-order valence-corrected chi connectivity index (χ2v) is 2.75. The van der Waals surface area contributed by atoms with Crippen LogP contribution in [0.1, 0.15) is 0 Å². The highest BCUT2D eigenvalue weighted by molar-refractivity contribution is 9.10. The molecule has 0 atom stereocenters. The van der Waals surface area contributed by atoms with Crippen molar-refractivity contribution in [1.29, 1.82) is 0 Å². The fourth-order valence-corrected chi connectivity index (χ4v) is 0.786. The quantitative estimate of drug-likeness (QED) is 0.623. The van der Waals surface area contributed by atoms with Crippen LogP contribution >= 0.6 is 16.1 Å². The van der Waals surface area contributed by atoms with E-state index in [1.165, 1.54) is 0 Å². The predicted octanol–water partition coefficient (Wildman–Crippen LogP) is 1.83. The monoisotopic (exact) mass is 186 g/mol. The van der Waals surface area contributed by atoms with Crippen LogP contribution in [0.4, 0.5) is 5.69 Å². The van der Waals surface area contributed by atoms with E-state index in [4.69, 9.17) is 0 Å². The molecule has 1 heterocycles. The lowest BCUT2D eigenvalue weighted by Gasteiger charge is -2.06. The van der Waals surface area contributed by atoms with Gasteiger partial charge in [-0.1, -0.05) is 0 Å². The number of halogens is 1. The molecule has 1 aromatic heterocycles. The highest BCUT2D eigenvalue weighted by Crippen LogP contribution is 2.12. The van der Waals surface area contributed by atoms with Crippen LogP contribution in [0, 0.1) is 0 Å². The molecule has 48 valence electrons. The highest BCUT2D eigenvalue weighted by Gasteiger charge is 1.90. The molecule has 0 amide bonds. The molecule has 0 bridgehead atoms. The summed E-state index contributed by atoms with van der Waals surface area (Å²) in [5.41, 5.74) is 1.10. The van der Waals surface area contributed by atoms with Crippen molar-refractivity contribution in [2.75, 3.05) is 11.0 Å². The molecule has 0 aliphatic rings. The lowest BCUT2D eigenvalue weighted by molar-refractivity contribution is 1.29. The van der Waals surface area contributed by atoms with Crippen molar-refractivity contribution in [3.8, 4) is 0 Å². The minimum Gasteiger partial charge on any atom is -0.312 e. The Kier molecular flexibility index (Phi) is 2.05. The molecular formula is C6H7BrN2. The summed E-state index contributed by atoms with van der Waals surface area (Å²) in [4.78, 5) is 3.88. The molecule has 0 N–H and O–H groups in total. The third-order valence-electron chi connectivity index (χ3n) is 1.02. The molecule has 0 radical (unpaired) electrons. The minimum absolute atomic E-state index is 1.10. The van der Waals surface area contributed by atoms with Crippen LogP contribution in [0.3, 0.4) is 0 Å². The van der Waals surface area contributed by atoms with Crippen LogP contribution in [-0.2, 0) is 0 Å². The zero-order chi connectivity index (χ0) is 6.69. The topological polar surface area (TPSA) is 16.1 Å². The summed E-state index contributed by atoms with van der Waals surface area (Å²) in [7, 11) is 1.93. The average Bonchev–Trinajstić information content (AvgIpc) is 1.90. The van der Waals surface area contributed by atoms with Crippen LogP contribution in [0.25, 0.3) is 0 Å². The lowest BCUT2D eigenvalue weighted by Crippen LogP contribution is -1.98. The van der Waals surface area contributed by atoms with E-state index in [2.05, 4.69) is 21.1 Å². The SMILES string of the molecule is CN(Br)c1ccncc1. The van der Waals surface area contributed by atoms with E-state index >= 15 is 0 Å². The largest absolute Gasteiger partial charge is 0.312 e. The number of rotatable bonds is 1. The van der Waals surface area contributed by atoms with Gasteiger partial charge in [0.15, 0.2) is 0 Å². The van der Waals surface area contributed by atoms with Gasteiger partial charge in [0, 0.05) is 41.3 Å². The molecule has 0 unspecified atom stereocenters. The zero-order valence-corrected chi connectivity index (χ0v) is 6.67. The summed E-state index contributed by atoms with van der Waals surface area (Å²) in [6.45, 7) is 0. The first-order valence-corrected chi connectivity index (χ1v) is 3.31. The van der Waals surface area contributed by atoms with Gasteiger partial charge in [-0.3, -0.25) is 4.98 Å². The Morgan fingerprint density at radius 3 is 2.33 bits per heavy atom. The molecular weight excluding hydrogens is 180 g/mol. The van der Waals surface area contributed by atoms with E-state index in [0.717, 1.165) is 5.69 Å². The molecule has 0 spiro atoms. The van der Waals surface area contributed by atoms with Gasteiger partial charge in [0.2, 0.25) is 0 Å². The van der Waals surface area contributed by atoms with E-state index in [9.17, 15) is 0 Å². The Morgan fingerprint density at radius 2 is 2.00 bits per heavy atom. The standard InChI is InChI=1S/C6H7BrN2/c1-9(7)6-2-4-8-5-3-6/h2-5H,1H3. The van der Waals surface area contributed by atoms with Gasteiger partial charge in [0.1, 0.15) is 0 Å². The van der Waals surface area contributed by atoms with Gasteiger partial charge in [-0.05, 0) is 12.1 Å². The van der Waals surface area contributed by atoms with Crippen molar-refractivity contribution in [2.45, 2.75) is 0 Å². The van der Waals surface area contributed by atoms with Gasteiger partial charge in [-0.15, -0.1) is 0 Å². The first-order chi connectivity index (χ1) is 4.30. The second kappa shape index (κ2) is 2.82. The van der Waals surface area contributed by atoms with Gasteiger partial charge in [0.05, 0.1) is 0 Å². The summed E-state index contributed by atoms with van der Waals surface area (Å²) in [5.74, 6) is 0. The molecule has 9 heavy (non-hydrogen) atoms. The first kappa shape index (κ1) is 6.55. The summed E-state index contributed by atoms with van der Waals surface area (Å²) in [6.07, 6.45) is 3.51. The molecule has 0 saturated carbocycles. The lowest BCUT2D eigenvalue weighted by atomic mass is 10.4. The summed E-state index contributed by atoms with van der Waals surface area (Å²) < 4.78 is 1.86. The third-order valence-corrected chi connectivity index (χ3v) is 1.43. The number of anilines is 1. The van der Waals surface area contributed by atoms with Crippen molar-refractivity contribution >= 4 is 21.8 Å². The van der Waals surface area contributed by atoms with Crippen LogP contribution in [0.15, 0.2) is 24.5 Å². The van der Waals surface area contributed by atoms with E-state index in [1.54, 1.807) is 12.4 Å². The van der Waals surface area contributed by atoms with Crippen molar-refractivity contribution in [3.63, 3.8) is 0 Å². The number of nitrogens with zero attached hydrogens (tertiary/aromatic N) is 2. The molecule has 0 aliphatic carbocycles. The van der Waals surface area contributed by atoms with Crippen LogP contribution in [0.5, 0.6) is 0 Å². The van der Waals surface area contributed by atoms with Gasteiger partial charge in [-0.25, -0.2) is 0 Å². The van der Waals surface area contributed by atoms with Crippen molar-refractivity contribution in [1.82, 2.24) is 4.98 Å². The summed E-state index contributed by atoms with van der Waals surface area (Å²) in [6, 6.07) is 3.85. The maximum Gasteiger partial charge on any atom is 0.0498 e. The smallest absolute Gasteiger partial charge is 0.0498 e. The molecule has 1 aromatic rings. The molecule has 1 rings (SSSR count). The predicted molar refractivity (Wildman–Crippen MR) is 41.6 cm³/mol. The van der Waals surface area contributed by atoms with Crippen LogP contribution in [0.2, 0.25) is 0 Å². The molecule has 0 saturated heterocycles. The first-order valence-electron chi connectivity index (χ1n) is 2.60. The molecule has 0 aromatic carbocycles. The average molecular weight is 187 g/mol. The van der Waals surface area contributed by atoms with Gasteiger partial charge in [0.25, 0.3) is 0 Å². The Morgan fingerprint density at radius 1 is 1.44 bits per heavy atom. The Bertz CT molecular complexity index is 174. The molecule has 2 nitrogen and oxygen atoms in total. The van der Waals surface area contributed by atoms with Crippen LogP contribution in [-0.4, -0.2) is 12.0 Å². The van der Waals surface area contributed by atoms with Crippen molar-refractivity contribution in [3.05, 3.63) is 24.5 Å². The van der Waals surface area contributed by atoms with E-state index in [1.807, 2.05) is 23.1 Å². The Balaban J connectivity index is 2.85. The van der Waals surface area contributed by atoms with Crippen molar-refractivity contribution < 1.29 is 0 Å². The third kappa shape index (κ3) is 1.68. The number of hydrogen-bond acceptors (Lipinski definition) is 2. The van der Waals surface area contributed by atoms with E-state index in [0.29, 0.717) is 0 Å². The fourth-order valence-electron chi connectivity index (χ4n) is 0.549. The Hall–Kier alpha value is -0.570. The minimum atomic E-state index is 1.10. The van der Waals surface area contributed by atoms with Crippen LogP contribution < -0.4 is 3.93 Å². The number of hydrogen-bond donors (Lipinski definition) is 0. The van der Waals surface area contributed by atoms with E-state index < -0.39 is 0 Å². The summed E-state index contributed by atoms with van der Waals surface area (Å²) >= 11 is 3.29. The zero-order valence-electron chi connectivity index (χ0n) is 5.08.